The summed E-state index contributed by atoms with van der Waals surface area (Å²) in [6.07, 6.45) is 2.25. The van der Waals surface area contributed by atoms with Crippen LogP contribution >= 0.6 is 0 Å². The number of hydrogen-bond donors (Lipinski definition) is 1. The minimum atomic E-state index is -0.472. The summed E-state index contributed by atoms with van der Waals surface area (Å²) in [6.45, 7) is 0. The Morgan fingerprint density at radius 1 is 1.44 bits per heavy atom. The summed E-state index contributed by atoms with van der Waals surface area (Å²) in [5.41, 5.74) is 1.35. The fourth-order valence-electron chi connectivity index (χ4n) is 1.70. The van der Waals surface area contributed by atoms with E-state index in [4.69, 9.17) is 4.42 Å². The third-order valence-corrected chi connectivity index (χ3v) is 2.40. The largest absolute Gasteiger partial charge is 0.420 e. The van der Waals surface area contributed by atoms with Crippen molar-refractivity contribution in [3.8, 4) is 0 Å². The zero-order chi connectivity index (χ0) is 11.1. The summed E-state index contributed by atoms with van der Waals surface area (Å²) in [7, 11) is 0. The van der Waals surface area contributed by atoms with Crippen molar-refractivity contribution in [2.24, 2.45) is 0 Å². The average Bonchev–Trinajstić information content (AvgIpc) is 2.74. The molecule has 3 rings (SSSR count). The Balaban J connectivity index is 2.62. The SMILES string of the molecule is O=Cc1cc2c(=O)oc3cccnc3c2[nH]1. The number of nitrogens with one attached hydrogen (secondary N) is 1. The maximum atomic E-state index is 11.6. The predicted octanol–water partition coefficient (Wildman–Crippen LogP) is 1.48. The molecule has 0 amide bonds. The van der Waals surface area contributed by atoms with E-state index in [1.807, 2.05) is 0 Å². The fourth-order valence-corrected chi connectivity index (χ4v) is 1.70. The third kappa shape index (κ3) is 1.08. The van der Waals surface area contributed by atoms with Crippen molar-refractivity contribution in [3.05, 3.63) is 40.5 Å². The molecule has 3 aromatic heterocycles. The highest BCUT2D eigenvalue weighted by atomic mass is 16.4. The van der Waals surface area contributed by atoms with Crippen molar-refractivity contribution in [1.82, 2.24) is 9.97 Å². The second-order valence-electron chi connectivity index (χ2n) is 3.37. The molecule has 0 aliphatic rings. The second-order valence-corrected chi connectivity index (χ2v) is 3.37. The number of aromatic amines is 1. The van der Waals surface area contributed by atoms with Crippen LogP contribution in [0.5, 0.6) is 0 Å². The molecule has 0 fully saturated rings. The Morgan fingerprint density at radius 2 is 2.31 bits per heavy atom. The van der Waals surface area contributed by atoms with Gasteiger partial charge in [-0.05, 0) is 18.2 Å². The first kappa shape index (κ1) is 8.84. The van der Waals surface area contributed by atoms with Crippen LogP contribution in [0.2, 0.25) is 0 Å². The van der Waals surface area contributed by atoms with Gasteiger partial charge in [-0.3, -0.25) is 9.78 Å². The number of aldehydes is 1. The number of carbonyl (C=O) groups is 1. The summed E-state index contributed by atoms with van der Waals surface area (Å²) in [4.78, 5) is 29.2. The third-order valence-electron chi connectivity index (χ3n) is 2.40. The zero-order valence-electron chi connectivity index (χ0n) is 8.06. The number of H-pyrrole nitrogens is 1. The van der Waals surface area contributed by atoms with E-state index in [0.717, 1.165) is 0 Å². The molecule has 3 aromatic rings. The highest BCUT2D eigenvalue weighted by molar-refractivity contribution is 6.01. The molecule has 3 heterocycles. The fraction of sp³-hybridized carbons (Fsp3) is 0. The molecule has 0 saturated carbocycles. The standard InChI is InChI=1S/C11H6N2O3/c14-5-6-4-7-9(13-6)10-8(16-11(7)15)2-1-3-12-10/h1-5,13H. The molecule has 5 heteroatoms. The van der Waals surface area contributed by atoms with Crippen LogP contribution in [0.4, 0.5) is 0 Å². The normalized spacial score (nSPS) is 11.0. The van der Waals surface area contributed by atoms with E-state index in [2.05, 4.69) is 9.97 Å². The molecule has 0 radical (unpaired) electrons. The summed E-state index contributed by atoms with van der Waals surface area (Å²) in [5, 5.41) is 0.341. The molecule has 0 spiro atoms. The Labute approximate surface area is 88.7 Å². The maximum Gasteiger partial charge on any atom is 0.345 e. The number of pyridine rings is 1. The van der Waals surface area contributed by atoms with E-state index in [-0.39, 0.29) is 0 Å². The van der Waals surface area contributed by atoms with Gasteiger partial charge in [-0.15, -0.1) is 0 Å². The lowest BCUT2D eigenvalue weighted by Crippen LogP contribution is -1.98. The summed E-state index contributed by atoms with van der Waals surface area (Å²) in [5.74, 6) is 0. The molecule has 16 heavy (non-hydrogen) atoms. The van der Waals surface area contributed by atoms with Gasteiger partial charge in [0.25, 0.3) is 0 Å². The van der Waals surface area contributed by atoms with Crippen LogP contribution in [0.15, 0.2) is 33.6 Å². The summed E-state index contributed by atoms with van der Waals surface area (Å²) in [6, 6.07) is 4.80. The minimum Gasteiger partial charge on any atom is -0.420 e. The molecule has 0 aromatic carbocycles. The van der Waals surface area contributed by atoms with Crippen LogP contribution in [0.25, 0.3) is 22.0 Å². The number of carbonyl (C=O) groups excluding carboxylic acids is 1. The monoisotopic (exact) mass is 214 g/mol. The van der Waals surface area contributed by atoms with Gasteiger partial charge in [-0.25, -0.2) is 4.79 Å². The quantitative estimate of drug-likeness (QED) is 0.622. The van der Waals surface area contributed by atoms with Crippen LogP contribution in [0.3, 0.4) is 0 Å². The van der Waals surface area contributed by atoms with E-state index < -0.39 is 5.63 Å². The Bertz CT molecular complexity index is 755. The zero-order valence-corrected chi connectivity index (χ0v) is 8.06. The van der Waals surface area contributed by atoms with Crippen LogP contribution in [0, 0.1) is 0 Å². The topological polar surface area (TPSA) is 76.0 Å². The van der Waals surface area contributed by atoms with Crippen molar-refractivity contribution in [3.63, 3.8) is 0 Å². The molecule has 78 valence electrons. The summed E-state index contributed by atoms with van der Waals surface area (Å²) < 4.78 is 5.08. The van der Waals surface area contributed by atoms with Crippen LogP contribution < -0.4 is 5.63 Å². The van der Waals surface area contributed by atoms with Crippen molar-refractivity contribution in [2.75, 3.05) is 0 Å². The van der Waals surface area contributed by atoms with E-state index >= 15 is 0 Å². The number of fused-ring (bicyclic) bond motifs is 3. The molecule has 5 nitrogen and oxygen atoms in total. The van der Waals surface area contributed by atoms with Crippen LogP contribution in [-0.4, -0.2) is 16.3 Å². The molecule has 1 N–H and O–H groups in total. The highest BCUT2D eigenvalue weighted by Crippen LogP contribution is 2.19. The van der Waals surface area contributed by atoms with Crippen LogP contribution in [0.1, 0.15) is 10.5 Å². The van der Waals surface area contributed by atoms with E-state index in [1.165, 1.54) is 6.07 Å². The first-order valence-electron chi connectivity index (χ1n) is 4.65. The van der Waals surface area contributed by atoms with Crippen molar-refractivity contribution in [1.29, 1.82) is 0 Å². The lowest BCUT2D eigenvalue weighted by molar-refractivity contribution is 0.112. The van der Waals surface area contributed by atoms with Crippen molar-refractivity contribution >= 4 is 28.3 Å². The Kier molecular flexibility index (Phi) is 1.67. The maximum absolute atomic E-state index is 11.6. The number of aromatic nitrogens is 2. The lowest BCUT2D eigenvalue weighted by Gasteiger charge is -1.95. The molecule has 0 saturated heterocycles. The van der Waals surface area contributed by atoms with Crippen molar-refractivity contribution < 1.29 is 9.21 Å². The van der Waals surface area contributed by atoms with Gasteiger partial charge in [0.15, 0.2) is 11.9 Å². The lowest BCUT2D eigenvalue weighted by atomic mass is 10.3. The van der Waals surface area contributed by atoms with Gasteiger partial charge in [0.1, 0.15) is 5.52 Å². The van der Waals surface area contributed by atoms with E-state index in [0.29, 0.717) is 34.0 Å². The average molecular weight is 214 g/mol. The number of hydrogen-bond acceptors (Lipinski definition) is 4. The van der Waals surface area contributed by atoms with Gasteiger partial charge in [-0.1, -0.05) is 0 Å². The van der Waals surface area contributed by atoms with Gasteiger partial charge in [0, 0.05) is 6.20 Å². The van der Waals surface area contributed by atoms with Gasteiger partial charge >= 0.3 is 5.63 Å². The Morgan fingerprint density at radius 3 is 3.12 bits per heavy atom. The van der Waals surface area contributed by atoms with E-state index in [9.17, 15) is 9.59 Å². The summed E-state index contributed by atoms with van der Waals surface area (Å²) >= 11 is 0. The predicted molar refractivity (Wildman–Crippen MR) is 57.5 cm³/mol. The minimum absolute atomic E-state index is 0.334. The molecule has 0 unspecified atom stereocenters. The molecular formula is C11H6N2O3. The van der Waals surface area contributed by atoms with Crippen LogP contribution in [-0.2, 0) is 0 Å². The number of rotatable bonds is 1. The van der Waals surface area contributed by atoms with Crippen molar-refractivity contribution in [2.45, 2.75) is 0 Å². The van der Waals surface area contributed by atoms with Gasteiger partial charge in [-0.2, -0.15) is 0 Å². The van der Waals surface area contributed by atoms with Gasteiger partial charge in [0.2, 0.25) is 0 Å². The van der Waals surface area contributed by atoms with Gasteiger partial charge in [0.05, 0.1) is 16.6 Å². The second kappa shape index (κ2) is 3.03. The van der Waals surface area contributed by atoms with Gasteiger partial charge < -0.3 is 9.40 Å². The number of nitrogens with zero attached hydrogens (tertiary/aromatic N) is 1. The molecule has 0 aliphatic heterocycles. The molecule has 0 bridgehead atoms. The molecular weight excluding hydrogens is 208 g/mol. The molecule has 0 aliphatic carbocycles. The van der Waals surface area contributed by atoms with E-state index in [1.54, 1.807) is 18.3 Å². The molecule has 0 atom stereocenters. The smallest absolute Gasteiger partial charge is 0.345 e. The first-order valence-corrected chi connectivity index (χ1v) is 4.65. The Hall–Kier alpha value is -2.43. The highest BCUT2D eigenvalue weighted by Gasteiger charge is 2.10. The first-order chi connectivity index (χ1) is 7.79.